The Morgan fingerprint density at radius 1 is 1.26 bits per heavy atom. The minimum absolute atomic E-state index is 0.181. The summed E-state index contributed by atoms with van der Waals surface area (Å²) in [6.45, 7) is 5.62. The van der Waals surface area contributed by atoms with Crippen LogP contribution in [0.3, 0.4) is 0 Å². The lowest BCUT2D eigenvalue weighted by Crippen LogP contribution is -2.43. The van der Waals surface area contributed by atoms with E-state index in [0.717, 1.165) is 13.0 Å². The smallest absolute Gasteiger partial charge is 0.0344 e. The Morgan fingerprint density at radius 3 is 2.47 bits per heavy atom. The molecule has 3 N–H and O–H groups in total. The number of hydrogen-bond acceptors (Lipinski definition) is 3. The molecule has 3 heteroatoms. The number of fused-ring (bicyclic) bond motifs is 1. The lowest BCUT2D eigenvalue weighted by Gasteiger charge is -2.29. The fourth-order valence-corrected chi connectivity index (χ4v) is 2.94. The van der Waals surface area contributed by atoms with Crippen molar-refractivity contribution in [3.8, 4) is 0 Å². The summed E-state index contributed by atoms with van der Waals surface area (Å²) >= 11 is 0. The molecule has 106 valence electrons. The van der Waals surface area contributed by atoms with Crippen LogP contribution in [0, 0.1) is 5.92 Å². The van der Waals surface area contributed by atoms with Gasteiger partial charge < -0.3 is 16.0 Å². The summed E-state index contributed by atoms with van der Waals surface area (Å²) in [6.07, 6.45) is 1.01. The fourth-order valence-electron chi connectivity index (χ4n) is 2.94. The van der Waals surface area contributed by atoms with Crippen molar-refractivity contribution in [2.24, 2.45) is 11.7 Å². The van der Waals surface area contributed by atoms with Crippen molar-refractivity contribution in [3.05, 3.63) is 35.4 Å². The molecular weight excluding hydrogens is 234 g/mol. The first kappa shape index (κ1) is 14.5. The van der Waals surface area contributed by atoms with E-state index in [-0.39, 0.29) is 6.04 Å². The summed E-state index contributed by atoms with van der Waals surface area (Å²) in [5.74, 6) is 0.617. The van der Waals surface area contributed by atoms with Crippen molar-refractivity contribution in [1.82, 2.24) is 10.2 Å². The number of nitrogens with one attached hydrogen (secondary N) is 1. The Morgan fingerprint density at radius 2 is 1.89 bits per heavy atom. The third kappa shape index (κ3) is 3.35. The number of rotatable bonds is 5. The zero-order valence-electron chi connectivity index (χ0n) is 12.6. The fraction of sp³-hybridized carbons (Fsp3) is 0.625. The van der Waals surface area contributed by atoms with Gasteiger partial charge in [0.2, 0.25) is 0 Å². The molecule has 1 aromatic rings. The van der Waals surface area contributed by atoms with Crippen LogP contribution >= 0.6 is 0 Å². The van der Waals surface area contributed by atoms with E-state index in [9.17, 15) is 0 Å². The largest absolute Gasteiger partial charge is 0.324 e. The highest BCUT2D eigenvalue weighted by molar-refractivity contribution is 5.37. The van der Waals surface area contributed by atoms with Crippen LogP contribution in [0.1, 0.15) is 43.5 Å². The molecule has 0 bridgehead atoms. The quantitative estimate of drug-likeness (QED) is 0.854. The van der Waals surface area contributed by atoms with Gasteiger partial charge in [-0.3, -0.25) is 0 Å². The Labute approximate surface area is 117 Å². The summed E-state index contributed by atoms with van der Waals surface area (Å²) in [7, 11) is 4.26. The molecular formula is C16H27N3. The van der Waals surface area contributed by atoms with E-state index >= 15 is 0 Å². The third-order valence-corrected chi connectivity index (χ3v) is 4.04. The molecule has 1 aliphatic rings. The average Bonchev–Trinajstić information content (AvgIpc) is 2.66. The molecule has 0 spiro atoms. The van der Waals surface area contributed by atoms with Gasteiger partial charge in [0.05, 0.1) is 0 Å². The first-order chi connectivity index (χ1) is 8.99. The topological polar surface area (TPSA) is 41.3 Å². The van der Waals surface area contributed by atoms with Crippen LogP contribution < -0.4 is 11.1 Å². The van der Waals surface area contributed by atoms with E-state index in [0.29, 0.717) is 18.0 Å². The summed E-state index contributed by atoms with van der Waals surface area (Å²) in [6, 6.07) is 9.66. The maximum atomic E-state index is 6.24. The second-order valence-corrected chi connectivity index (χ2v) is 6.30. The third-order valence-electron chi connectivity index (χ3n) is 4.04. The molecule has 0 fully saturated rings. The Balaban J connectivity index is 2.11. The van der Waals surface area contributed by atoms with Crippen LogP contribution in [0.4, 0.5) is 0 Å². The van der Waals surface area contributed by atoms with Gasteiger partial charge >= 0.3 is 0 Å². The molecule has 1 aliphatic carbocycles. The van der Waals surface area contributed by atoms with Crippen LogP contribution in [0.5, 0.6) is 0 Å². The number of likely N-dealkylation sites (N-methyl/N-ethyl adjacent to an activating group) is 1. The van der Waals surface area contributed by atoms with Gasteiger partial charge in [-0.15, -0.1) is 0 Å². The molecule has 19 heavy (non-hydrogen) atoms. The van der Waals surface area contributed by atoms with E-state index in [2.05, 4.69) is 62.4 Å². The number of nitrogens with two attached hydrogens (primary N) is 1. The molecule has 0 amide bonds. The molecule has 0 aliphatic heterocycles. The SMILES string of the molecule is CC(C)C(CN(C)C)NC1CC(N)c2ccccc21. The van der Waals surface area contributed by atoms with Crippen molar-refractivity contribution < 1.29 is 0 Å². The maximum Gasteiger partial charge on any atom is 0.0344 e. The van der Waals surface area contributed by atoms with Crippen molar-refractivity contribution in [3.63, 3.8) is 0 Å². The second kappa shape index (κ2) is 6.04. The lowest BCUT2D eigenvalue weighted by molar-refractivity contribution is 0.266. The van der Waals surface area contributed by atoms with Gasteiger partial charge in [0.15, 0.2) is 0 Å². The number of hydrogen-bond donors (Lipinski definition) is 2. The molecule has 3 nitrogen and oxygen atoms in total. The van der Waals surface area contributed by atoms with Crippen molar-refractivity contribution in [2.45, 2.75) is 38.4 Å². The normalized spacial score (nSPS) is 23.9. The molecule has 1 aromatic carbocycles. The predicted molar refractivity (Wildman–Crippen MR) is 81.0 cm³/mol. The Bertz CT molecular complexity index is 414. The van der Waals surface area contributed by atoms with Gasteiger partial charge in [-0.05, 0) is 37.6 Å². The monoisotopic (exact) mass is 261 g/mol. The van der Waals surface area contributed by atoms with E-state index in [1.165, 1.54) is 11.1 Å². The minimum Gasteiger partial charge on any atom is -0.324 e. The standard InChI is InChI=1S/C16H27N3/c1-11(2)16(10-19(3)4)18-15-9-14(17)12-7-5-6-8-13(12)15/h5-8,11,14-16,18H,9-10,17H2,1-4H3. The zero-order chi connectivity index (χ0) is 14.0. The molecule has 0 heterocycles. The predicted octanol–water partition coefficient (Wildman–Crippen LogP) is 2.31. The molecule has 2 rings (SSSR count). The van der Waals surface area contributed by atoms with Gasteiger partial charge in [-0.2, -0.15) is 0 Å². The van der Waals surface area contributed by atoms with Crippen LogP contribution in [-0.2, 0) is 0 Å². The second-order valence-electron chi connectivity index (χ2n) is 6.30. The van der Waals surface area contributed by atoms with Crippen LogP contribution in [-0.4, -0.2) is 31.6 Å². The molecule has 3 atom stereocenters. The zero-order valence-corrected chi connectivity index (χ0v) is 12.6. The molecule has 0 saturated carbocycles. The van der Waals surface area contributed by atoms with Crippen molar-refractivity contribution in [1.29, 1.82) is 0 Å². The summed E-state index contributed by atoms with van der Waals surface area (Å²) in [5.41, 5.74) is 8.94. The van der Waals surface area contributed by atoms with Gasteiger partial charge in [-0.25, -0.2) is 0 Å². The first-order valence-corrected chi connectivity index (χ1v) is 7.24. The number of nitrogens with zero attached hydrogens (tertiary/aromatic N) is 1. The Hall–Kier alpha value is -0.900. The van der Waals surface area contributed by atoms with Crippen LogP contribution in [0.15, 0.2) is 24.3 Å². The highest BCUT2D eigenvalue weighted by Crippen LogP contribution is 2.37. The van der Waals surface area contributed by atoms with Gasteiger partial charge in [0.25, 0.3) is 0 Å². The van der Waals surface area contributed by atoms with Crippen molar-refractivity contribution in [2.75, 3.05) is 20.6 Å². The van der Waals surface area contributed by atoms with Gasteiger partial charge in [-0.1, -0.05) is 38.1 Å². The van der Waals surface area contributed by atoms with Crippen LogP contribution in [0.2, 0.25) is 0 Å². The van der Waals surface area contributed by atoms with E-state index < -0.39 is 0 Å². The molecule has 0 radical (unpaired) electrons. The maximum absolute atomic E-state index is 6.24. The Kier molecular flexibility index (Phi) is 4.61. The first-order valence-electron chi connectivity index (χ1n) is 7.24. The van der Waals surface area contributed by atoms with Crippen LogP contribution in [0.25, 0.3) is 0 Å². The molecule has 3 unspecified atom stereocenters. The van der Waals surface area contributed by atoms with E-state index in [1.807, 2.05) is 0 Å². The van der Waals surface area contributed by atoms with Gasteiger partial charge in [0.1, 0.15) is 0 Å². The van der Waals surface area contributed by atoms with Gasteiger partial charge in [0, 0.05) is 24.7 Å². The number of benzene rings is 1. The molecule has 0 aromatic heterocycles. The highest BCUT2D eigenvalue weighted by Gasteiger charge is 2.30. The van der Waals surface area contributed by atoms with E-state index in [4.69, 9.17) is 5.73 Å². The van der Waals surface area contributed by atoms with E-state index in [1.54, 1.807) is 0 Å². The summed E-state index contributed by atoms with van der Waals surface area (Å²) in [5, 5.41) is 3.81. The van der Waals surface area contributed by atoms with Crippen molar-refractivity contribution >= 4 is 0 Å². The lowest BCUT2D eigenvalue weighted by atomic mass is 10.0. The average molecular weight is 261 g/mol. The molecule has 0 saturated heterocycles. The summed E-state index contributed by atoms with van der Waals surface area (Å²) in [4.78, 5) is 2.25. The highest BCUT2D eigenvalue weighted by atomic mass is 15.1. The summed E-state index contributed by atoms with van der Waals surface area (Å²) < 4.78 is 0. The minimum atomic E-state index is 0.181.